The van der Waals surface area contributed by atoms with Crippen molar-refractivity contribution in [3.63, 3.8) is 0 Å². The summed E-state index contributed by atoms with van der Waals surface area (Å²) in [5, 5.41) is 8.17. The highest BCUT2D eigenvalue weighted by Crippen LogP contribution is 2.33. The van der Waals surface area contributed by atoms with Crippen molar-refractivity contribution >= 4 is 5.71 Å². The van der Waals surface area contributed by atoms with E-state index in [0.29, 0.717) is 29.2 Å². The summed E-state index contributed by atoms with van der Waals surface area (Å²) in [6.07, 6.45) is -0.557. The Balaban J connectivity index is 2.00. The van der Waals surface area contributed by atoms with E-state index in [-0.39, 0.29) is 6.04 Å². The Morgan fingerprint density at radius 2 is 1.89 bits per heavy atom. The molecule has 0 spiro atoms. The van der Waals surface area contributed by atoms with E-state index in [2.05, 4.69) is 17.1 Å². The molecule has 144 valence electrons. The summed E-state index contributed by atoms with van der Waals surface area (Å²) in [6.45, 7) is 2.07. The van der Waals surface area contributed by atoms with Gasteiger partial charge < -0.3 is 0 Å². The molecular formula is C21H19F3N4. The van der Waals surface area contributed by atoms with Crippen molar-refractivity contribution in [3.05, 3.63) is 77.4 Å². The van der Waals surface area contributed by atoms with Crippen LogP contribution in [0.4, 0.5) is 13.2 Å². The Bertz CT molecular complexity index is 1010. The minimum atomic E-state index is -4.43. The van der Waals surface area contributed by atoms with Gasteiger partial charge in [-0.05, 0) is 24.6 Å². The molecule has 1 atom stereocenters. The van der Waals surface area contributed by atoms with Crippen LogP contribution in [-0.2, 0) is 12.6 Å². The maximum atomic E-state index is 13.4. The molecule has 4 rings (SSSR count). The molecular weight excluding hydrogens is 365 g/mol. The third kappa shape index (κ3) is 3.44. The first-order valence-corrected chi connectivity index (χ1v) is 9.21. The van der Waals surface area contributed by atoms with E-state index in [1.807, 2.05) is 30.3 Å². The van der Waals surface area contributed by atoms with Crippen molar-refractivity contribution in [2.24, 2.45) is 4.99 Å². The highest BCUT2D eigenvalue weighted by Gasteiger charge is 2.32. The molecule has 3 aromatic rings. The lowest BCUT2D eigenvalue weighted by molar-refractivity contribution is -0.137. The molecule has 1 aliphatic heterocycles. The first-order chi connectivity index (χ1) is 13.5. The fourth-order valence-corrected chi connectivity index (χ4v) is 3.55. The molecule has 2 heterocycles. The molecule has 0 amide bonds. The topological polar surface area (TPSA) is 43.1 Å². The van der Waals surface area contributed by atoms with E-state index in [9.17, 15) is 13.2 Å². The van der Waals surface area contributed by atoms with Gasteiger partial charge >= 0.3 is 6.18 Å². The van der Waals surface area contributed by atoms with Crippen LogP contribution >= 0.6 is 0 Å². The highest BCUT2D eigenvalue weighted by atomic mass is 19.4. The van der Waals surface area contributed by atoms with E-state index < -0.39 is 11.7 Å². The summed E-state index contributed by atoms with van der Waals surface area (Å²) < 4.78 is 42.1. The second-order valence-electron chi connectivity index (χ2n) is 6.84. The van der Waals surface area contributed by atoms with Crippen LogP contribution in [0.25, 0.3) is 5.69 Å². The van der Waals surface area contributed by atoms with E-state index in [4.69, 9.17) is 4.99 Å². The Hall–Kier alpha value is -2.96. The first kappa shape index (κ1) is 18.4. The highest BCUT2D eigenvalue weighted by molar-refractivity contribution is 6.15. The van der Waals surface area contributed by atoms with Gasteiger partial charge in [0, 0.05) is 17.5 Å². The van der Waals surface area contributed by atoms with Crippen molar-refractivity contribution in [3.8, 4) is 5.69 Å². The minimum Gasteiger partial charge on any atom is -0.285 e. The lowest BCUT2D eigenvalue weighted by atomic mass is 9.96. The zero-order chi connectivity index (χ0) is 19.7. The van der Waals surface area contributed by atoms with Gasteiger partial charge in [-0.2, -0.15) is 13.2 Å². The number of rotatable bonds is 3. The molecule has 1 unspecified atom stereocenters. The van der Waals surface area contributed by atoms with Gasteiger partial charge in [-0.3, -0.25) is 9.56 Å². The number of fused-ring (bicyclic) bond motifs is 3. The predicted molar refractivity (Wildman–Crippen MR) is 101 cm³/mol. The van der Waals surface area contributed by atoms with Gasteiger partial charge in [0.05, 0.1) is 23.0 Å². The van der Waals surface area contributed by atoms with Gasteiger partial charge in [0.25, 0.3) is 0 Å². The van der Waals surface area contributed by atoms with Gasteiger partial charge in [0.15, 0.2) is 0 Å². The molecule has 0 saturated carbocycles. The fourth-order valence-electron chi connectivity index (χ4n) is 3.55. The van der Waals surface area contributed by atoms with Gasteiger partial charge in [0.2, 0.25) is 0 Å². The Kier molecular flexibility index (Phi) is 4.75. The monoisotopic (exact) mass is 384 g/mol. The largest absolute Gasteiger partial charge is 0.416 e. The van der Waals surface area contributed by atoms with E-state index in [1.165, 1.54) is 12.1 Å². The molecule has 0 N–H and O–H groups in total. The number of alkyl halides is 3. The number of nitrogens with zero attached hydrogens (tertiary/aromatic N) is 4. The normalized spacial score (nSPS) is 16.6. The van der Waals surface area contributed by atoms with Crippen LogP contribution in [-0.4, -0.2) is 26.5 Å². The average Bonchev–Trinajstić information content (AvgIpc) is 3.12. The van der Waals surface area contributed by atoms with Gasteiger partial charge in [0.1, 0.15) is 12.2 Å². The molecule has 7 heteroatoms. The molecule has 28 heavy (non-hydrogen) atoms. The van der Waals surface area contributed by atoms with Gasteiger partial charge in [-0.15, -0.1) is 10.2 Å². The maximum absolute atomic E-state index is 13.4. The third-order valence-corrected chi connectivity index (χ3v) is 4.86. The van der Waals surface area contributed by atoms with Crippen molar-refractivity contribution in [2.45, 2.75) is 38.4 Å². The fraction of sp³-hybridized carbons (Fsp3) is 0.286. The standard InChI is InChI=1S/C21H19F3N4/c1-2-6-16-12-19-27-25-13-28(19)18-10-9-15(21(22,23)24)11-17(18)20(26-16)14-7-4-3-5-8-14/h3-5,7-11,13,16H,2,6,12H2,1H3. The van der Waals surface area contributed by atoms with E-state index in [0.717, 1.165) is 24.5 Å². The maximum Gasteiger partial charge on any atom is 0.416 e. The molecule has 2 aromatic carbocycles. The van der Waals surface area contributed by atoms with Crippen LogP contribution in [0.1, 0.15) is 42.3 Å². The quantitative estimate of drug-likeness (QED) is 0.648. The summed E-state index contributed by atoms with van der Waals surface area (Å²) in [6, 6.07) is 13.0. The van der Waals surface area contributed by atoms with E-state index >= 15 is 0 Å². The lowest BCUT2D eigenvalue weighted by Crippen LogP contribution is -2.22. The molecule has 4 nitrogen and oxygen atoms in total. The average molecular weight is 384 g/mol. The second-order valence-corrected chi connectivity index (χ2v) is 6.84. The molecule has 1 aliphatic rings. The van der Waals surface area contributed by atoms with Gasteiger partial charge in [-0.25, -0.2) is 0 Å². The van der Waals surface area contributed by atoms with Crippen LogP contribution < -0.4 is 0 Å². The van der Waals surface area contributed by atoms with Crippen LogP contribution in [0.2, 0.25) is 0 Å². The van der Waals surface area contributed by atoms with Crippen LogP contribution in [0.15, 0.2) is 59.9 Å². The van der Waals surface area contributed by atoms with Crippen LogP contribution in [0.3, 0.4) is 0 Å². The number of aliphatic imine (C=N–C) groups is 1. The number of aromatic nitrogens is 3. The van der Waals surface area contributed by atoms with Crippen molar-refractivity contribution in [2.75, 3.05) is 0 Å². The van der Waals surface area contributed by atoms with Crippen molar-refractivity contribution in [1.29, 1.82) is 0 Å². The SMILES string of the molecule is CCCC1Cc2nncn2-c2ccc(C(F)(F)F)cc2C(c2ccccc2)=N1. The number of halogens is 3. The molecule has 0 saturated heterocycles. The molecule has 0 bridgehead atoms. The summed E-state index contributed by atoms with van der Waals surface area (Å²) in [4.78, 5) is 4.91. The minimum absolute atomic E-state index is 0.0779. The summed E-state index contributed by atoms with van der Waals surface area (Å²) in [5.74, 6) is 0.704. The molecule has 0 radical (unpaired) electrons. The summed E-state index contributed by atoms with van der Waals surface area (Å²) in [5.41, 5.74) is 1.70. The van der Waals surface area contributed by atoms with Crippen molar-refractivity contribution < 1.29 is 13.2 Å². The lowest BCUT2D eigenvalue weighted by Gasteiger charge is -2.22. The van der Waals surface area contributed by atoms with Crippen LogP contribution in [0.5, 0.6) is 0 Å². The number of hydrogen-bond acceptors (Lipinski definition) is 3. The Morgan fingerprint density at radius 3 is 2.61 bits per heavy atom. The smallest absolute Gasteiger partial charge is 0.285 e. The Labute approximate surface area is 160 Å². The van der Waals surface area contributed by atoms with Crippen LogP contribution in [0, 0.1) is 0 Å². The number of hydrogen-bond donors (Lipinski definition) is 0. The first-order valence-electron chi connectivity index (χ1n) is 9.21. The van der Waals surface area contributed by atoms with Crippen molar-refractivity contribution in [1.82, 2.24) is 14.8 Å². The zero-order valence-electron chi connectivity index (χ0n) is 15.3. The molecule has 1 aromatic heterocycles. The summed E-state index contributed by atoms with van der Waals surface area (Å²) >= 11 is 0. The number of benzene rings is 2. The second kappa shape index (κ2) is 7.22. The summed E-state index contributed by atoms with van der Waals surface area (Å²) in [7, 11) is 0. The molecule has 0 aliphatic carbocycles. The zero-order valence-corrected chi connectivity index (χ0v) is 15.3. The van der Waals surface area contributed by atoms with E-state index in [1.54, 1.807) is 10.9 Å². The predicted octanol–water partition coefficient (Wildman–Crippen LogP) is 4.85. The Morgan fingerprint density at radius 1 is 1.11 bits per heavy atom. The molecule has 0 fully saturated rings. The van der Waals surface area contributed by atoms with Gasteiger partial charge in [-0.1, -0.05) is 43.7 Å². The third-order valence-electron chi connectivity index (χ3n) is 4.86.